The third kappa shape index (κ3) is 9.52. The number of nitro benzene ring substituents is 1. The molecular formula is C50H58N4O9. The summed E-state index contributed by atoms with van der Waals surface area (Å²) < 4.78 is 20.8. The van der Waals surface area contributed by atoms with Crippen molar-refractivity contribution in [2.45, 2.75) is 69.3 Å². The minimum absolute atomic E-state index is 0.0128. The van der Waals surface area contributed by atoms with Gasteiger partial charge < -0.3 is 34.2 Å². The predicted octanol–water partition coefficient (Wildman–Crippen LogP) is 8.05. The van der Waals surface area contributed by atoms with Crippen LogP contribution >= 0.6 is 0 Å². The molecule has 2 fully saturated rings. The number of oxime groups is 1. The van der Waals surface area contributed by atoms with Gasteiger partial charge in [-0.05, 0) is 102 Å². The molecule has 332 valence electrons. The number of nitrogens with zero attached hydrogens (tertiary/aromatic N) is 4. The number of hydrogen-bond donors (Lipinski definition) is 2. The van der Waals surface area contributed by atoms with Crippen LogP contribution in [0.2, 0.25) is 0 Å². The van der Waals surface area contributed by atoms with E-state index < -0.39 is 22.7 Å². The Hall–Kier alpha value is -5.60. The van der Waals surface area contributed by atoms with Crippen LogP contribution in [0.15, 0.2) is 114 Å². The van der Waals surface area contributed by atoms with Gasteiger partial charge in [-0.3, -0.25) is 19.8 Å². The second-order valence-corrected chi connectivity index (χ2v) is 17.1. The van der Waals surface area contributed by atoms with E-state index in [4.69, 9.17) is 24.2 Å². The molecule has 4 aromatic rings. The Bertz CT molecular complexity index is 2330. The normalized spacial score (nSPS) is 24.1. The number of ether oxygens (including phenoxy) is 3. The molecule has 13 nitrogen and oxygen atoms in total. The number of carbonyl (C=O) groups is 1. The Morgan fingerprint density at radius 3 is 2.49 bits per heavy atom. The highest BCUT2D eigenvalue weighted by atomic mass is 16.7. The summed E-state index contributed by atoms with van der Waals surface area (Å²) in [6, 6.07) is 25.2. The lowest BCUT2D eigenvalue weighted by Crippen LogP contribution is -2.69. The first-order valence-corrected chi connectivity index (χ1v) is 22.3. The molecule has 1 amide bonds. The summed E-state index contributed by atoms with van der Waals surface area (Å²) >= 11 is 0. The lowest BCUT2D eigenvalue weighted by molar-refractivity contribution is -0.384. The number of likely N-dealkylation sites (N-methyl/N-ethyl adjacent to an activating group) is 1. The van der Waals surface area contributed by atoms with Crippen LogP contribution < -0.4 is 9.47 Å². The van der Waals surface area contributed by atoms with Gasteiger partial charge in [0.25, 0.3) is 11.6 Å². The van der Waals surface area contributed by atoms with E-state index in [0.29, 0.717) is 42.0 Å². The van der Waals surface area contributed by atoms with Crippen molar-refractivity contribution in [3.05, 3.63) is 136 Å². The number of fused-ring (bicyclic) bond motifs is 3. The molecule has 4 aromatic carbocycles. The molecule has 63 heavy (non-hydrogen) atoms. The number of non-ortho nitro benzene ring substituents is 1. The third-order valence-corrected chi connectivity index (χ3v) is 13.2. The van der Waals surface area contributed by atoms with E-state index in [-0.39, 0.29) is 62.2 Å². The Kier molecular flexibility index (Phi) is 13.9. The molecule has 6 unspecified atom stereocenters. The molecule has 1 saturated carbocycles. The molecule has 2 aliphatic heterocycles. The number of aliphatic hydroxyl groups excluding tert-OH is 2. The number of allylic oxidation sites excluding steroid dienone is 1. The van der Waals surface area contributed by atoms with Gasteiger partial charge in [0.05, 0.1) is 23.2 Å². The van der Waals surface area contributed by atoms with E-state index in [1.807, 2.05) is 54.6 Å². The molecule has 13 heteroatoms. The minimum Gasteiger partial charge on any atom is -0.492 e. The SMILES string of the molecule is C=CCOC12Oc3ccc(OCCN4CC4)cc3C3C(CCCCO)C(CCCCO)C=C(C(=NOCc4ccc([N+](=O)[O-])cc4)CC1N(C)C(=O)c1ccc4ccccc4c1)C32. The zero-order valence-corrected chi connectivity index (χ0v) is 36.0. The largest absolute Gasteiger partial charge is 0.492 e. The maximum absolute atomic E-state index is 14.9. The molecule has 0 spiro atoms. The lowest BCUT2D eigenvalue weighted by Gasteiger charge is -2.59. The summed E-state index contributed by atoms with van der Waals surface area (Å²) in [5, 5.41) is 38.1. The van der Waals surface area contributed by atoms with Crippen molar-refractivity contribution in [2.75, 3.05) is 53.1 Å². The van der Waals surface area contributed by atoms with E-state index in [1.165, 1.54) is 12.1 Å². The van der Waals surface area contributed by atoms with Crippen molar-refractivity contribution in [1.29, 1.82) is 0 Å². The summed E-state index contributed by atoms with van der Waals surface area (Å²) in [4.78, 5) is 36.0. The average Bonchev–Trinajstić information content (AvgIpc) is 4.14. The van der Waals surface area contributed by atoms with Gasteiger partial charge in [-0.2, -0.15) is 0 Å². The molecule has 8 rings (SSSR count). The monoisotopic (exact) mass is 858 g/mol. The fraction of sp³-hybridized carbons (Fsp3) is 0.440. The second kappa shape index (κ2) is 19.8. The van der Waals surface area contributed by atoms with Gasteiger partial charge in [-0.25, -0.2) is 0 Å². The number of amides is 1. The van der Waals surface area contributed by atoms with Gasteiger partial charge in [0.15, 0.2) is 0 Å². The molecule has 2 aliphatic carbocycles. The van der Waals surface area contributed by atoms with Crippen LogP contribution in [-0.4, -0.2) is 101 Å². The number of nitro groups is 1. The zero-order chi connectivity index (χ0) is 43.9. The molecular weight excluding hydrogens is 801 g/mol. The first-order chi connectivity index (χ1) is 30.7. The number of unbranched alkanes of at least 4 members (excludes halogenated alkanes) is 2. The van der Waals surface area contributed by atoms with Gasteiger partial charge in [0, 0.05) is 75.5 Å². The number of rotatable bonds is 21. The molecule has 2 heterocycles. The third-order valence-electron chi connectivity index (χ3n) is 13.2. The number of benzene rings is 4. The number of hydrogen-bond acceptors (Lipinski definition) is 11. The van der Waals surface area contributed by atoms with Crippen LogP contribution in [0, 0.1) is 27.9 Å². The molecule has 0 radical (unpaired) electrons. The highest BCUT2D eigenvalue weighted by molar-refractivity contribution is 6.04. The highest BCUT2D eigenvalue weighted by Gasteiger charge is 2.65. The number of aliphatic hydroxyl groups is 2. The van der Waals surface area contributed by atoms with Crippen LogP contribution in [0.3, 0.4) is 0 Å². The summed E-state index contributed by atoms with van der Waals surface area (Å²) in [5.41, 5.74) is 3.79. The van der Waals surface area contributed by atoms with E-state index in [0.717, 1.165) is 73.0 Å². The van der Waals surface area contributed by atoms with Crippen molar-refractivity contribution in [1.82, 2.24) is 9.80 Å². The molecule has 0 aromatic heterocycles. The maximum Gasteiger partial charge on any atom is 0.269 e. The van der Waals surface area contributed by atoms with Gasteiger partial charge in [-0.1, -0.05) is 60.5 Å². The van der Waals surface area contributed by atoms with Crippen molar-refractivity contribution in [3.8, 4) is 11.5 Å². The molecule has 6 atom stereocenters. The van der Waals surface area contributed by atoms with Gasteiger partial charge in [0.1, 0.15) is 30.8 Å². The Balaban J connectivity index is 1.27. The van der Waals surface area contributed by atoms with Crippen LogP contribution in [0.4, 0.5) is 5.69 Å². The topological polar surface area (TPSA) is 156 Å². The Morgan fingerprint density at radius 1 is 1.00 bits per heavy atom. The summed E-state index contributed by atoms with van der Waals surface area (Å²) in [6.45, 7) is 8.01. The lowest BCUT2D eigenvalue weighted by atomic mass is 9.55. The van der Waals surface area contributed by atoms with Gasteiger partial charge in [0.2, 0.25) is 5.79 Å². The smallest absolute Gasteiger partial charge is 0.269 e. The predicted molar refractivity (Wildman–Crippen MR) is 241 cm³/mol. The summed E-state index contributed by atoms with van der Waals surface area (Å²) in [6.07, 6.45) is 8.82. The average molecular weight is 859 g/mol. The minimum atomic E-state index is -1.40. The Labute approximate surface area is 368 Å². The maximum atomic E-state index is 14.9. The van der Waals surface area contributed by atoms with E-state index >= 15 is 0 Å². The van der Waals surface area contributed by atoms with Crippen molar-refractivity contribution in [3.63, 3.8) is 0 Å². The van der Waals surface area contributed by atoms with Crippen LogP contribution in [0.25, 0.3) is 10.8 Å². The first-order valence-electron chi connectivity index (χ1n) is 22.3. The highest BCUT2D eigenvalue weighted by Crippen LogP contribution is 2.62. The zero-order valence-electron chi connectivity index (χ0n) is 36.0. The fourth-order valence-electron chi connectivity index (χ4n) is 9.97. The van der Waals surface area contributed by atoms with E-state index in [2.05, 4.69) is 23.6 Å². The standard InChI is InChI=1S/C50H58N4O9/c1-3-27-61-50-46(52(2)49(57)38-17-16-35-10-4-5-11-36(35)29-38)32-44(51-62-33-34-14-18-39(19-15-34)54(58)59)42-30-37(12-6-8-25-55)41(13-7-9-26-56)47(48(42)50)43-31-40(20-21-45(43)63-50)60-28-24-53-22-23-53/h3-5,10-11,14-21,29-31,37,41,46-48,55-56H,1,6-9,12-13,22-28,32-33H2,2H3. The number of carbonyl (C=O) groups excluding carboxylic acids is 1. The quantitative estimate of drug-likeness (QED) is 0.0277. The van der Waals surface area contributed by atoms with E-state index in [9.17, 15) is 25.1 Å². The summed E-state index contributed by atoms with van der Waals surface area (Å²) in [7, 11) is 1.80. The van der Waals surface area contributed by atoms with Gasteiger partial charge >= 0.3 is 0 Å². The molecule has 1 saturated heterocycles. The molecule has 4 aliphatic rings. The molecule has 0 bridgehead atoms. The van der Waals surface area contributed by atoms with Gasteiger partial charge in [-0.15, -0.1) is 6.58 Å². The molecule has 2 N–H and O–H groups in total. The van der Waals surface area contributed by atoms with E-state index in [1.54, 1.807) is 30.2 Å². The van der Waals surface area contributed by atoms with Crippen molar-refractivity contribution >= 4 is 28.1 Å². The van der Waals surface area contributed by atoms with Crippen molar-refractivity contribution < 1.29 is 39.0 Å². The van der Waals surface area contributed by atoms with Crippen LogP contribution in [-0.2, 0) is 16.2 Å². The second-order valence-electron chi connectivity index (χ2n) is 17.1. The summed E-state index contributed by atoms with van der Waals surface area (Å²) in [5.74, 6) is -0.738. The van der Waals surface area contributed by atoms with Crippen molar-refractivity contribution in [2.24, 2.45) is 22.9 Å². The van der Waals surface area contributed by atoms with Crippen LogP contribution in [0.5, 0.6) is 11.5 Å². The Morgan fingerprint density at radius 2 is 1.76 bits per heavy atom. The van der Waals surface area contributed by atoms with Crippen LogP contribution in [0.1, 0.15) is 72.3 Å². The first kappa shape index (κ1) is 44.0. The fourth-order valence-corrected chi connectivity index (χ4v) is 9.97.